The summed E-state index contributed by atoms with van der Waals surface area (Å²) in [5.41, 5.74) is 3.52. The van der Waals surface area contributed by atoms with Crippen LogP contribution in [0.1, 0.15) is 61.8 Å². The summed E-state index contributed by atoms with van der Waals surface area (Å²) in [5.74, 6) is 0.399. The van der Waals surface area contributed by atoms with Gasteiger partial charge in [-0.25, -0.2) is 0 Å². The van der Waals surface area contributed by atoms with E-state index in [2.05, 4.69) is 87.2 Å². The first-order valence-corrected chi connectivity index (χ1v) is 17.1. The summed E-state index contributed by atoms with van der Waals surface area (Å²) >= 11 is 0. The van der Waals surface area contributed by atoms with Gasteiger partial charge < -0.3 is 9.16 Å². The number of rotatable bonds is 8. The van der Waals surface area contributed by atoms with Crippen LogP contribution in [0.3, 0.4) is 0 Å². The lowest BCUT2D eigenvalue weighted by Crippen LogP contribution is -2.49. The van der Waals surface area contributed by atoms with Crippen molar-refractivity contribution in [3.8, 4) is 0 Å². The summed E-state index contributed by atoms with van der Waals surface area (Å²) in [7, 11) is -3.15. The van der Waals surface area contributed by atoms with E-state index in [-0.39, 0.29) is 11.5 Å². The number of hydrogen-bond donors (Lipinski definition) is 0. The molecule has 162 valence electrons. The highest BCUT2D eigenvalue weighted by molar-refractivity contribution is 6.83. The first kappa shape index (κ1) is 24.1. The molecule has 4 heteroatoms. The number of hydrogen-bond acceptors (Lipinski definition) is 2. The molecule has 0 N–H and O–H groups in total. The third-order valence-electron chi connectivity index (χ3n) is 7.52. The Bertz CT molecular complexity index is 591. The molecule has 0 aromatic heterocycles. The van der Waals surface area contributed by atoms with Crippen LogP contribution in [0.4, 0.5) is 0 Å². The van der Waals surface area contributed by atoms with E-state index in [1.165, 1.54) is 0 Å². The third-order valence-corrected chi connectivity index (χ3v) is 15.9. The van der Waals surface area contributed by atoms with Gasteiger partial charge in [-0.05, 0) is 35.5 Å². The minimum atomic E-state index is -1.83. The van der Waals surface area contributed by atoms with Crippen LogP contribution in [0.15, 0.2) is 22.9 Å². The quantitative estimate of drug-likeness (QED) is 0.300. The van der Waals surface area contributed by atoms with E-state index < -0.39 is 16.4 Å². The second-order valence-electron chi connectivity index (χ2n) is 11.4. The molecule has 2 aliphatic rings. The lowest BCUT2D eigenvalue weighted by Gasteiger charge is -2.44. The molecule has 1 saturated heterocycles. The van der Waals surface area contributed by atoms with Gasteiger partial charge in [0.15, 0.2) is 8.32 Å². The maximum atomic E-state index is 6.93. The summed E-state index contributed by atoms with van der Waals surface area (Å²) in [6, 6.07) is 0. The van der Waals surface area contributed by atoms with Gasteiger partial charge in [0.25, 0.3) is 0 Å². The maximum absolute atomic E-state index is 6.93. The van der Waals surface area contributed by atoms with E-state index in [1.807, 2.05) is 0 Å². The Morgan fingerprint density at radius 3 is 2.04 bits per heavy atom. The lowest BCUT2D eigenvalue weighted by atomic mass is 9.72. The zero-order chi connectivity index (χ0) is 21.5. The van der Waals surface area contributed by atoms with Gasteiger partial charge in [-0.15, -0.1) is 0 Å². The molecule has 0 amide bonds. The highest BCUT2D eigenvalue weighted by Gasteiger charge is 2.50. The molecule has 0 radical (unpaired) electrons. The zero-order valence-corrected chi connectivity index (χ0v) is 22.5. The van der Waals surface area contributed by atoms with Crippen molar-refractivity contribution in [3.63, 3.8) is 0 Å². The zero-order valence-electron chi connectivity index (χ0n) is 20.5. The van der Waals surface area contributed by atoms with E-state index in [4.69, 9.17) is 9.16 Å². The molecule has 1 aliphatic heterocycles. The van der Waals surface area contributed by atoms with Gasteiger partial charge in [-0.2, -0.15) is 0 Å². The summed E-state index contributed by atoms with van der Waals surface area (Å²) in [4.78, 5) is 0. The molecule has 0 spiro atoms. The van der Waals surface area contributed by atoms with Crippen LogP contribution >= 0.6 is 0 Å². The Hall–Kier alpha value is -0.166. The molecule has 0 aromatic carbocycles. The molecule has 0 saturated carbocycles. The van der Waals surface area contributed by atoms with E-state index >= 15 is 0 Å². The highest BCUT2D eigenvalue weighted by atomic mass is 28.4. The normalized spacial score (nSPS) is 27.3. The van der Waals surface area contributed by atoms with Gasteiger partial charge >= 0.3 is 0 Å². The van der Waals surface area contributed by atoms with Crippen molar-refractivity contribution in [2.24, 2.45) is 11.3 Å². The number of allylic oxidation sites excluding steroid dienone is 2. The molecule has 28 heavy (non-hydrogen) atoms. The second-order valence-corrected chi connectivity index (χ2v) is 22.0. The fourth-order valence-electron chi connectivity index (χ4n) is 6.20. The fraction of sp³-hybridized carbons (Fsp3) is 0.833. The standard InChI is InChI=1S/C24H46O2Si2/c1-17(2)28(18(3)4,19(5)6)26-15-20(7)23-24(8)14-12-13-22(27(9,10)11)21(24)16-25-23/h12,14,17-20,23H,13,15-16H2,1-11H3/t20-,23?,24+/m1/s1. The summed E-state index contributed by atoms with van der Waals surface area (Å²) < 4.78 is 13.4. The monoisotopic (exact) mass is 422 g/mol. The van der Waals surface area contributed by atoms with Crippen molar-refractivity contribution in [3.05, 3.63) is 22.9 Å². The van der Waals surface area contributed by atoms with E-state index in [9.17, 15) is 0 Å². The summed E-state index contributed by atoms with van der Waals surface area (Å²) in [6.45, 7) is 28.0. The molecule has 1 aliphatic carbocycles. The topological polar surface area (TPSA) is 18.5 Å². The minimum Gasteiger partial charge on any atom is -0.416 e. The van der Waals surface area contributed by atoms with Crippen LogP contribution < -0.4 is 0 Å². The van der Waals surface area contributed by atoms with Crippen molar-refractivity contribution in [1.82, 2.24) is 0 Å². The van der Waals surface area contributed by atoms with Gasteiger partial charge in [0.05, 0.1) is 20.8 Å². The Balaban J connectivity index is 2.24. The van der Waals surface area contributed by atoms with Gasteiger partial charge in [0, 0.05) is 17.9 Å². The molecule has 0 bridgehead atoms. The first-order chi connectivity index (χ1) is 12.8. The van der Waals surface area contributed by atoms with Crippen LogP contribution in [0.5, 0.6) is 0 Å². The van der Waals surface area contributed by atoms with E-state index in [0.29, 0.717) is 22.5 Å². The molecule has 0 aromatic rings. The van der Waals surface area contributed by atoms with Crippen molar-refractivity contribution in [2.45, 2.75) is 104 Å². The lowest BCUT2D eigenvalue weighted by molar-refractivity contribution is 0.0115. The minimum absolute atomic E-state index is 0.0499. The first-order valence-electron chi connectivity index (χ1n) is 11.4. The SMILES string of the molecule is CC(C)[Si](OC[C@@H](C)C1OCC2=C([Si](C)(C)C)CC=C[C@@]21C)(C(C)C)C(C)C. The molecule has 2 rings (SSSR count). The average molecular weight is 423 g/mol. The highest BCUT2D eigenvalue weighted by Crippen LogP contribution is 2.50. The Morgan fingerprint density at radius 1 is 1.04 bits per heavy atom. The predicted molar refractivity (Wildman–Crippen MR) is 128 cm³/mol. The van der Waals surface area contributed by atoms with Crippen LogP contribution in [-0.4, -0.2) is 35.7 Å². The largest absolute Gasteiger partial charge is 0.416 e. The summed E-state index contributed by atoms with van der Waals surface area (Å²) in [6.07, 6.45) is 6.20. The van der Waals surface area contributed by atoms with Crippen LogP contribution in [0.2, 0.25) is 36.3 Å². The molecule has 1 unspecified atom stereocenters. The van der Waals surface area contributed by atoms with Crippen molar-refractivity contribution >= 4 is 16.4 Å². The van der Waals surface area contributed by atoms with Crippen LogP contribution in [0.25, 0.3) is 0 Å². The van der Waals surface area contributed by atoms with E-state index in [0.717, 1.165) is 19.6 Å². The maximum Gasteiger partial charge on any atom is 0.200 e. The fourth-order valence-corrected chi connectivity index (χ4v) is 13.7. The smallest absolute Gasteiger partial charge is 0.200 e. The van der Waals surface area contributed by atoms with Gasteiger partial charge in [0.2, 0.25) is 0 Å². The third kappa shape index (κ3) is 4.17. The Morgan fingerprint density at radius 2 is 1.57 bits per heavy atom. The van der Waals surface area contributed by atoms with Crippen LogP contribution in [0, 0.1) is 11.3 Å². The number of fused-ring (bicyclic) bond motifs is 1. The van der Waals surface area contributed by atoms with Crippen LogP contribution in [-0.2, 0) is 9.16 Å². The molecular weight excluding hydrogens is 376 g/mol. The van der Waals surface area contributed by atoms with E-state index in [1.54, 1.807) is 10.8 Å². The van der Waals surface area contributed by atoms with Crippen molar-refractivity contribution in [1.29, 1.82) is 0 Å². The molecule has 3 atom stereocenters. The Labute approximate surface area is 177 Å². The Kier molecular flexibility index (Phi) is 7.34. The average Bonchev–Trinajstić information content (AvgIpc) is 2.89. The second kappa shape index (κ2) is 8.52. The summed E-state index contributed by atoms with van der Waals surface area (Å²) in [5, 5.41) is 1.71. The van der Waals surface area contributed by atoms with Gasteiger partial charge in [-0.1, -0.05) is 85.5 Å². The van der Waals surface area contributed by atoms with Crippen molar-refractivity contribution in [2.75, 3.05) is 13.2 Å². The molecule has 1 heterocycles. The van der Waals surface area contributed by atoms with Crippen molar-refractivity contribution < 1.29 is 9.16 Å². The van der Waals surface area contributed by atoms with Gasteiger partial charge in [0.1, 0.15) is 0 Å². The number of ether oxygens (including phenoxy) is 1. The molecular formula is C24H46O2Si2. The molecule has 2 nitrogen and oxygen atoms in total. The predicted octanol–water partition coefficient (Wildman–Crippen LogP) is 7.35. The van der Waals surface area contributed by atoms with Gasteiger partial charge in [-0.3, -0.25) is 0 Å². The molecule has 1 fully saturated rings.